The van der Waals surface area contributed by atoms with Gasteiger partial charge in [-0.1, -0.05) is 26.0 Å². The Morgan fingerprint density at radius 1 is 1.30 bits per heavy atom. The molecule has 126 valence electrons. The topological polar surface area (TPSA) is 72.6 Å². The molecule has 1 saturated heterocycles. The number of nitrogens with two attached hydrogens (primary N) is 1. The number of nitrogens with zero attached hydrogens (tertiary/aromatic N) is 1. The van der Waals surface area contributed by atoms with E-state index in [-0.39, 0.29) is 17.7 Å². The van der Waals surface area contributed by atoms with E-state index in [2.05, 4.69) is 19.9 Å². The van der Waals surface area contributed by atoms with Crippen LogP contribution < -0.4 is 10.5 Å². The van der Waals surface area contributed by atoms with Gasteiger partial charge in [-0.05, 0) is 30.4 Å². The van der Waals surface area contributed by atoms with E-state index in [0.29, 0.717) is 38.3 Å². The summed E-state index contributed by atoms with van der Waals surface area (Å²) in [6.07, 6.45) is 1.64. The maximum absolute atomic E-state index is 12.5. The quantitative estimate of drug-likeness (QED) is 0.903. The van der Waals surface area contributed by atoms with Crippen LogP contribution in [0.25, 0.3) is 0 Å². The van der Waals surface area contributed by atoms with E-state index in [9.17, 15) is 9.59 Å². The number of likely N-dealkylation sites (tertiary alicyclic amines) is 1. The Morgan fingerprint density at radius 2 is 1.96 bits per heavy atom. The van der Waals surface area contributed by atoms with Crippen LogP contribution in [0.15, 0.2) is 18.2 Å². The molecule has 1 fully saturated rings. The first kappa shape index (κ1) is 17.3. The first-order chi connectivity index (χ1) is 10.9. The molecule has 5 heteroatoms. The highest BCUT2D eigenvalue weighted by Gasteiger charge is 2.26. The van der Waals surface area contributed by atoms with Crippen molar-refractivity contribution in [3.05, 3.63) is 29.3 Å². The first-order valence-electron chi connectivity index (χ1n) is 8.16. The van der Waals surface area contributed by atoms with Crippen LogP contribution in [-0.4, -0.2) is 36.9 Å². The SMILES string of the molecule is COc1ccc(C(C)C)cc1CC(=O)N1CCC(C(N)=O)CC1. The zero-order valence-electron chi connectivity index (χ0n) is 14.2. The van der Waals surface area contributed by atoms with Gasteiger partial charge in [-0.2, -0.15) is 0 Å². The van der Waals surface area contributed by atoms with Crippen molar-refractivity contribution in [3.8, 4) is 5.75 Å². The molecule has 0 bridgehead atoms. The lowest BCUT2D eigenvalue weighted by Crippen LogP contribution is -2.42. The second-order valence-corrected chi connectivity index (χ2v) is 6.46. The van der Waals surface area contributed by atoms with Crippen molar-refractivity contribution in [3.63, 3.8) is 0 Å². The fourth-order valence-corrected chi connectivity index (χ4v) is 2.98. The van der Waals surface area contributed by atoms with Crippen LogP contribution in [0.5, 0.6) is 5.75 Å². The Kier molecular flexibility index (Phi) is 5.64. The number of ether oxygens (including phenoxy) is 1. The van der Waals surface area contributed by atoms with E-state index in [1.54, 1.807) is 7.11 Å². The summed E-state index contributed by atoms with van der Waals surface area (Å²) >= 11 is 0. The Morgan fingerprint density at radius 3 is 2.48 bits per heavy atom. The molecule has 1 aromatic carbocycles. The molecular weight excluding hydrogens is 292 g/mol. The van der Waals surface area contributed by atoms with E-state index in [4.69, 9.17) is 10.5 Å². The van der Waals surface area contributed by atoms with Gasteiger partial charge in [0.2, 0.25) is 11.8 Å². The number of primary amides is 1. The van der Waals surface area contributed by atoms with Gasteiger partial charge in [-0.15, -0.1) is 0 Å². The molecule has 1 aliphatic heterocycles. The summed E-state index contributed by atoms with van der Waals surface area (Å²) < 4.78 is 5.38. The largest absolute Gasteiger partial charge is 0.496 e. The van der Waals surface area contributed by atoms with Crippen LogP contribution in [-0.2, 0) is 16.0 Å². The van der Waals surface area contributed by atoms with Crippen molar-refractivity contribution in [2.45, 2.75) is 39.0 Å². The summed E-state index contributed by atoms with van der Waals surface area (Å²) in [5, 5.41) is 0. The highest BCUT2D eigenvalue weighted by atomic mass is 16.5. The summed E-state index contributed by atoms with van der Waals surface area (Å²) in [7, 11) is 1.62. The van der Waals surface area contributed by atoms with Crippen molar-refractivity contribution in [1.82, 2.24) is 4.90 Å². The third kappa shape index (κ3) is 4.24. The van der Waals surface area contributed by atoms with Gasteiger partial charge in [-0.25, -0.2) is 0 Å². The lowest BCUT2D eigenvalue weighted by molar-refractivity contribution is -0.134. The summed E-state index contributed by atoms with van der Waals surface area (Å²) in [5.74, 6) is 0.865. The summed E-state index contributed by atoms with van der Waals surface area (Å²) in [4.78, 5) is 25.6. The maximum Gasteiger partial charge on any atom is 0.227 e. The van der Waals surface area contributed by atoms with Crippen LogP contribution in [0, 0.1) is 5.92 Å². The Bertz CT molecular complexity index is 576. The maximum atomic E-state index is 12.5. The zero-order valence-corrected chi connectivity index (χ0v) is 14.2. The minimum absolute atomic E-state index is 0.0760. The third-order valence-corrected chi connectivity index (χ3v) is 4.56. The molecule has 0 spiro atoms. The number of hydrogen-bond donors (Lipinski definition) is 1. The van der Waals surface area contributed by atoms with Gasteiger partial charge >= 0.3 is 0 Å². The van der Waals surface area contributed by atoms with Gasteiger partial charge in [0.1, 0.15) is 5.75 Å². The molecule has 2 N–H and O–H groups in total. The van der Waals surface area contributed by atoms with Gasteiger partial charge in [0.05, 0.1) is 13.5 Å². The highest BCUT2D eigenvalue weighted by molar-refractivity contribution is 5.81. The molecular formula is C18H26N2O3. The van der Waals surface area contributed by atoms with Crippen molar-refractivity contribution in [1.29, 1.82) is 0 Å². The Balaban J connectivity index is 2.05. The molecule has 23 heavy (non-hydrogen) atoms. The number of methoxy groups -OCH3 is 1. The molecule has 1 aliphatic rings. The Hall–Kier alpha value is -2.04. The number of piperidine rings is 1. The van der Waals surface area contributed by atoms with E-state index in [1.165, 1.54) is 5.56 Å². The summed E-state index contributed by atoms with van der Waals surface area (Å²) in [6.45, 7) is 5.45. The smallest absolute Gasteiger partial charge is 0.227 e. The van der Waals surface area contributed by atoms with E-state index >= 15 is 0 Å². The number of carbonyl (C=O) groups is 2. The van der Waals surface area contributed by atoms with Crippen LogP contribution in [0.2, 0.25) is 0 Å². The molecule has 0 aromatic heterocycles. The van der Waals surface area contributed by atoms with Crippen LogP contribution in [0.4, 0.5) is 0 Å². The average Bonchev–Trinajstić information content (AvgIpc) is 2.54. The lowest BCUT2D eigenvalue weighted by Gasteiger charge is -2.30. The normalized spacial score (nSPS) is 15.7. The summed E-state index contributed by atoms with van der Waals surface area (Å²) in [5.41, 5.74) is 7.45. The van der Waals surface area contributed by atoms with E-state index in [1.807, 2.05) is 17.0 Å². The second kappa shape index (κ2) is 7.49. The average molecular weight is 318 g/mol. The molecule has 2 rings (SSSR count). The standard InChI is InChI=1S/C18H26N2O3/c1-12(2)14-4-5-16(23-3)15(10-14)11-17(21)20-8-6-13(7-9-20)18(19)22/h4-5,10,12-13H,6-9,11H2,1-3H3,(H2,19,22). The van der Waals surface area contributed by atoms with Crippen LogP contribution in [0.1, 0.15) is 43.7 Å². The fraction of sp³-hybridized carbons (Fsp3) is 0.556. The van der Waals surface area contributed by atoms with Gasteiger partial charge in [0.25, 0.3) is 0 Å². The monoisotopic (exact) mass is 318 g/mol. The predicted molar refractivity (Wildman–Crippen MR) is 89.3 cm³/mol. The van der Waals surface area contributed by atoms with Crippen LogP contribution >= 0.6 is 0 Å². The van der Waals surface area contributed by atoms with Crippen molar-refractivity contribution in [2.75, 3.05) is 20.2 Å². The molecule has 1 heterocycles. The number of hydrogen-bond acceptors (Lipinski definition) is 3. The van der Waals surface area contributed by atoms with Crippen molar-refractivity contribution >= 4 is 11.8 Å². The Labute approximate surface area is 137 Å². The van der Waals surface area contributed by atoms with Crippen molar-refractivity contribution in [2.24, 2.45) is 11.7 Å². The number of carbonyl (C=O) groups excluding carboxylic acids is 2. The summed E-state index contributed by atoms with van der Waals surface area (Å²) in [6, 6.07) is 6.02. The molecule has 1 aromatic rings. The van der Waals surface area contributed by atoms with E-state index < -0.39 is 0 Å². The highest BCUT2D eigenvalue weighted by Crippen LogP contribution is 2.26. The van der Waals surface area contributed by atoms with Crippen molar-refractivity contribution < 1.29 is 14.3 Å². The predicted octanol–water partition coefficient (Wildman–Crippen LogP) is 2.08. The molecule has 2 amide bonds. The third-order valence-electron chi connectivity index (χ3n) is 4.56. The molecule has 0 saturated carbocycles. The van der Waals surface area contributed by atoms with Gasteiger partial charge < -0.3 is 15.4 Å². The zero-order chi connectivity index (χ0) is 17.0. The number of rotatable bonds is 5. The minimum Gasteiger partial charge on any atom is -0.496 e. The molecule has 0 radical (unpaired) electrons. The molecule has 5 nitrogen and oxygen atoms in total. The van der Waals surface area contributed by atoms with Gasteiger partial charge in [0, 0.05) is 24.6 Å². The lowest BCUT2D eigenvalue weighted by atomic mass is 9.95. The second-order valence-electron chi connectivity index (χ2n) is 6.46. The van der Waals surface area contributed by atoms with Crippen LogP contribution in [0.3, 0.4) is 0 Å². The van der Waals surface area contributed by atoms with Gasteiger partial charge in [0.15, 0.2) is 0 Å². The minimum atomic E-state index is -0.261. The number of benzene rings is 1. The van der Waals surface area contributed by atoms with E-state index in [0.717, 1.165) is 11.3 Å². The molecule has 0 aliphatic carbocycles. The number of amides is 2. The molecule has 0 atom stereocenters. The fourth-order valence-electron chi connectivity index (χ4n) is 2.98. The molecule has 0 unspecified atom stereocenters. The first-order valence-corrected chi connectivity index (χ1v) is 8.16. The van der Waals surface area contributed by atoms with Gasteiger partial charge in [-0.3, -0.25) is 9.59 Å².